The van der Waals surface area contributed by atoms with Crippen molar-refractivity contribution in [1.29, 1.82) is 0 Å². The molecule has 3 aromatic carbocycles. The van der Waals surface area contributed by atoms with E-state index < -0.39 is 0 Å². The number of carbonyl (C=O) groups is 2. The average Bonchev–Trinajstić information content (AvgIpc) is 3.04. The Labute approximate surface area is 274 Å². The predicted octanol–water partition coefficient (Wildman–Crippen LogP) is 9.71. The highest BCUT2D eigenvalue weighted by molar-refractivity contribution is 5.99. The van der Waals surface area contributed by atoms with E-state index in [-0.39, 0.29) is 22.6 Å². The van der Waals surface area contributed by atoms with Crippen molar-refractivity contribution in [1.82, 2.24) is 4.98 Å². The highest BCUT2D eigenvalue weighted by Gasteiger charge is 2.25. The van der Waals surface area contributed by atoms with Gasteiger partial charge in [0.1, 0.15) is 0 Å². The fourth-order valence-corrected chi connectivity index (χ4v) is 6.46. The molecule has 0 spiro atoms. The summed E-state index contributed by atoms with van der Waals surface area (Å²) >= 11 is 0. The molecule has 2 aliphatic rings. The lowest BCUT2D eigenvalue weighted by Crippen LogP contribution is -2.37. The summed E-state index contributed by atoms with van der Waals surface area (Å²) in [5.74, 6) is 0.316. The summed E-state index contributed by atoms with van der Waals surface area (Å²) in [6.45, 7) is 15.0. The SMILES string of the molecule is CC(C)(C)c1cc(-c2ccc(-c3ccc(-c4cc(N5CCCCC5=O)cc(N5CCCCC5=O)c4)cc3)cn2)cc(C(C)(C)C)c1. The summed E-state index contributed by atoms with van der Waals surface area (Å²) in [6.07, 6.45) is 6.97. The van der Waals surface area contributed by atoms with Crippen LogP contribution < -0.4 is 9.80 Å². The Hall–Kier alpha value is -4.25. The minimum atomic E-state index is 0.0462. The van der Waals surface area contributed by atoms with Crippen LogP contribution in [0.4, 0.5) is 11.4 Å². The highest BCUT2D eigenvalue weighted by atomic mass is 16.2. The van der Waals surface area contributed by atoms with Gasteiger partial charge < -0.3 is 9.80 Å². The monoisotopic (exact) mass is 613 g/mol. The molecule has 46 heavy (non-hydrogen) atoms. The van der Waals surface area contributed by atoms with Crippen molar-refractivity contribution in [2.24, 2.45) is 0 Å². The van der Waals surface area contributed by atoms with Gasteiger partial charge in [-0.05, 0) is 101 Å². The van der Waals surface area contributed by atoms with Crippen LogP contribution in [-0.2, 0) is 20.4 Å². The Morgan fingerprint density at radius 3 is 1.43 bits per heavy atom. The molecule has 2 saturated heterocycles. The van der Waals surface area contributed by atoms with E-state index in [4.69, 9.17) is 4.98 Å². The third-order valence-electron chi connectivity index (χ3n) is 9.45. The van der Waals surface area contributed by atoms with Gasteiger partial charge in [-0.25, -0.2) is 0 Å². The summed E-state index contributed by atoms with van der Waals surface area (Å²) in [5.41, 5.74) is 10.8. The van der Waals surface area contributed by atoms with Crippen LogP contribution in [0.3, 0.4) is 0 Å². The zero-order chi connectivity index (χ0) is 32.6. The van der Waals surface area contributed by atoms with Crippen molar-refractivity contribution in [3.8, 4) is 33.5 Å². The number of hydrogen-bond acceptors (Lipinski definition) is 3. The molecule has 2 aliphatic heterocycles. The van der Waals surface area contributed by atoms with Gasteiger partial charge >= 0.3 is 0 Å². The molecule has 0 unspecified atom stereocenters. The lowest BCUT2D eigenvalue weighted by atomic mass is 9.79. The zero-order valence-corrected chi connectivity index (χ0v) is 28.3. The van der Waals surface area contributed by atoms with Crippen LogP contribution in [0.2, 0.25) is 0 Å². The third kappa shape index (κ3) is 6.79. The average molecular weight is 614 g/mol. The second-order valence-corrected chi connectivity index (χ2v) is 15.1. The number of rotatable bonds is 5. The van der Waals surface area contributed by atoms with Crippen LogP contribution in [0.1, 0.15) is 91.2 Å². The van der Waals surface area contributed by atoms with Gasteiger partial charge in [0.25, 0.3) is 0 Å². The second kappa shape index (κ2) is 12.5. The van der Waals surface area contributed by atoms with Crippen LogP contribution in [0.15, 0.2) is 79.0 Å². The van der Waals surface area contributed by atoms with Crippen LogP contribution in [-0.4, -0.2) is 29.9 Å². The van der Waals surface area contributed by atoms with E-state index in [0.717, 1.165) is 83.7 Å². The molecule has 0 aliphatic carbocycles. The van der Waals surface area contributed by atoms with E-state index in [9.17, 15) is 9.59 Å². The lowest BCUT2D eigenvalue weighted by Gasteiger charge is -2.31. The van der Waals surface area contributed by atoms with E-state index in [2.05, 4.69) is 108 Å². The predicted molar refractivity (Wildman–Crippen MR) is 190 cm³/mol. The smallest absolute Gasteiger partial charge is 0.226 e. The Morgan fingerprint density at radius 1 is 0.522 bits per heavy atom. The number of nitrogens with zero attached hydrogens (tertiary/aromatic N) is 3. The molecule has 5 nitrogen and oxygen atoms in total. The van der Waals surface area contributed by atoms with E-state index in [0.29, 0.717) is 12.8 Å². The van der Waals surface area contributed by atoms with Gasteiger partial charge in [-0.1, -0.05) is 77.9 Å². The van der Waals surface area contributed by atoms with Gasteiger partial charge in [-0.3, -0.25) is 14.6 Å². The standard InChI is InChI=1S/C41H47N3O2/c1-40(2,3)33-21-32(22-34(25-33)41(4,5)6)37-18-17-30(27-42-37)28-13-15-29(16-14-28)31-23-35(43-19-9-7-11-38(43)45)26-36(24-31)44-20-10-8-12-39(44)46/h13-18,21-27H,7-12,19-20H2,1-6H3. The molecule has 2 amide bonds. The van der Waals surface area contributed by atoms with Crippen molar-refractivity contribution >= 4 is 23.2 Å². The van der Waals surface area contributed by atoms with Gasteiger partial charge in [-0.15, -0.1) is 0 Å². The minimum Gasteiger partial charge on any atom is -0.312 e. The number of carbonyl (C=O) groups excluding carboxylic acids is 2. The molecule has 5 heteroatoms. The first-order valence-electron chi connectivity index (χ1n) is 16.9. The molecule has 0 N–H and O–H groups in total. The number of hydrogen-bond donors (Lipinski definition) is 0. The number of piperidine rings is 2. The first-order chi connectivity index (χ1) is 21.9. The van der Waals surface area contributed by atoms with Crippen molar-refractivity contribution in [2.45, 2.75) is 90.9 Å². The summed E-state index contributed by atoms with van der Waals surface area (Å²) in [7, 11) is 0. The Morgan fingerprint density at radius 2 is 1.00 bits per heavy atom. The van der Waals surface area contributed by atoms with Gasteiger partial charge in [0.05, 0.1) is 5.69 Å². The van der Waals surface area contributed by atoms with Crippen LogP contribution in [0.25, 0.3) is 33.5 Å². The molecule has 0 bridgehead atoms. The largest absolute Gasteiger partial charge is 0.312 e. The fourth-order valence-electron chi connectivity index (χ4n) is 6.46. The summed E-state index contributed by atoms with van der Waals surface area (Å²) < 4.78 is 0. The molecule has 2 fully saturated rings. The van der Waals surface area contributed by atoms with E-state index >= 15 is 0 Å². The van der Waals surface area contributed by atoms with E-state index in [1.165, 1.54) is 11.1 Å². The zero-order valence-electron chi connectivity index (χ0n) is 28.3. The summed E-state index contributed by atoms with van der Waals surface area (Å²) in [4.78, 5) is 34.5. The van der Waals surface area contributed by atoms with E-state index in [1.807, 2.05) is 22.1 Å². The molecule has 4 aromatic rings. The number of anilines is 2. The van der Waals surface area contributed by atoms with Crippen LogP contribution in [0, 0.1) is 0 Å². The Bertz CT molecular complexity index is 1660. The van der Waals surface area contributed by atoms with Gasteiger partial charge in [0.15, 0.2) is 0 Å². The first-order valence-corrected chi connectivity index (χ1v) is 16.9. The second-order valence-electron chi connectivity index (χ2n) is 15.1. The number of amides is 2. The molecule has 6 rings (SSSR count). The summed E-state index contributed by atoms with van der Waals surface area (Å²) in [6, 6.07) is 25.9. The minimum absolute atomic E-state index is 0.0462. The van der Waals surface area contributed by atoms with Gasteiger partial charge in [-0.2, -0.15) is 0 Å². The number of aromatic nitrogens is 1. The quantitative estimate of drug-likeness (QED) is 0.225. The van der Waals surface area contributed by atoms with E-state index in [1.54, 1.807) is 0 Å². The van der Waals surface area contributed by atoms with Crippen molar-refractivity contribution in [3.63, 3.8) is 0 Å². The van der Waals surface area contributed by atoms with Gasteiger partial charge in [0.2, 0.25) is 11.8 Å². The Balaban J connectivity index is 1.30. The molecule has 0 saturated carbocycles. The maximum atomic E-state index is 12.9. The normalized spacial score (nSPS) is 16.2. The molecule has 238 valence electrons. The molecule has 0 atom stereocenters. The molecule has 3 heterocycles. The number of pyridine rings is 1. The summed E-state index contributed by atoms with van der Waals surface area (Å²) in [5, 5.41) is 0. The maximum Gasteiger partial charge on any atom is 0.226 e. The fraction of sp³-hybridized carbons (Fsp3) is 0.390. The van der Waals surface area contributed by atoms with Crippen molar-refractivity contribution in [2.75, 3.05) is 22.9 Å². The van der Waals surface area contributed by atoms with Gasteiger partial charge in [0, 0.05) is 54.6 Å². The lowest BCUT2D eigenvalue weighted by molar-refractivity contribution is -0.120. The molecule has 0 radical (unpaired) electrons. The molecular formula is C41H47N3O2. The topological polar surface area (TPSA) is 53.5 Å². The highest BCUT2D eigenvalue weighted by Crippen LogP contribution is 2.36. The number of benzene rings is 3. The molecular weight excluding hydrogens is 566 g/mol. The Kier molecular flexibility index (Phi) is 8.62. The molecule has 1 aromatic heterocycles. The van der Waals surface area contributed by atoms with Crippen LogP contribution >= 0.6 is 0 Å². The maximum absolute atomic E-state index is 12.9. The first kappa shape index (κ1) is 31.7. The van der Waals surface area contributed by atoms with Crippen LogP contribution in [0.5, 0.6) is 0 Å². The third-order valence-corrected chi connectivity index (χ3v) is 9.45. The van der Waals surface area contributed by atoms with Crippen molar-refractivity contribution in [3.05, 3.63) is 90.1 Å². The van der Waals surface area contributed by atoms with Crippen molar-refractivity contribution < 1.29 is 9.59 Å².